The molecule has 0 aliphatic carbocycles. The normalized spacial score (nSPS) is 14.9. The van der Waals surface area contributed by atoms with Gasteiger partial charge in [0.15, 0.2) is 0 Å². The summed E-state index contributed by atoms with van der Waals surface area (Å²) in [5.74, 6) is -0.00400. The van der Waals surface area contributed by atoms with Crippen LogP contribution in [0, 0.1) is 22.7 Å². The average molecular weight is 369 g/mol. The van der Waals surface area contributed by atoms with Crippen molar-refractivity contribution in [2.45, 2.75) is 81.1 Å². The van der Waals surface area contributed by atoms with E-state index in [9.17, 15) is 9.59 Å². The van der Waals surface area contributed by atoms with Crippen LogP contribution in [0.2, 0.25) is 0 Å². The Kier molecular flexibility index (Phi) is 10.8. The minimum atomic E-state index is -0.494. The standard InChI is InChI=1S/C22H40O4/c1-17(15-21(3,4)5)11-13-25-19(23)9-10-20(24)26-14-12-18(2)16-22(6,7)8/h9-10,17-18H,11-16H2,1-8H3/b10-9-/t17-,18-/m1/s1. The summed E-state index contributed by atoms with van der Waals surface area (Å²) in [4.78, 5) is 23.3. The molecular formula is C22H40O4. The Balaban J connectivity index is 3.94. The molecule has 0 aromatic rings. The number of ether oxygens (including phenoxy) is 2. The minimum Gasteiger partial charge on any atom is -0.463 e. The lowest BCUT2D eigenvalue weighted by Gasteiger charge is -2.23. The van der Waals surface area contributed by atoms with Crippen LogP contribution in [-0.4, -0.2) is 25.2 Å². The molecular weight excluding hydrogens is 328 g/mol. The molecule has 0 radical (unpaired) electrons. The first-order valence-corrected chi connectivity index (χ1v) is 9.80. The Morgan fingerprint density at radius 2 is 1.04 bits per heavy atom. The predicted octanol–water partition coefficient (Wildman–Crippen LogP) is 5.55. The molecule has 4 heteroatoms. The Bertz CT molecular complexity index is 410. The first kappa shape index (κ1) is 24.7. The van der Waals surface area contributed by atoms with Crippen LogP contribution in [0.4, 0.5) is 0 Å². The molecule has 26 heavy (non-hydrogen) atoms. The smallest absolute Gasteiger partial charge is 0.331 e. The van der Waals surface area contributed by atoms with Crippen molar-refractivity contribution in [3.63, 3.8) is 0 Å². The van der Waals surface area contributed by atoms with Crippen molar-refractivity contribution in [2.75, 3.05) is 13.2 Å². The third-order valence-corrected chi connectivity index (χ3v) is 3.99. The largest absolute Gasteiger partial charge is 0.463 e. The number of rotatable bonds is 10. The summed E-state index contributed by atoms with van der Waals surface area (Å²) in [5, 5.41) is 0. The highest BCUT2D eigenvalue weighted by Crippen LogP contribution is 2.26. The van der Waals surface area contributed by atoms with Crippen molar-refractivity contribution < 1.29 is 19.1 Å². The van der Waals surface area contributed by atoms with Crippen LogP contribution in [-0.2, 0) is 19.1 Å². The van der Waals surface area contributed by atoms with Crippen LogP contribution in [0.15, 0.2) is 12.2 Å². The lowest BCUT2D eigenvalue weighted by atomic mass is 9.84. The Labute approximate surface area is 160 Å². The highest BCUT2D eigenvalue weighted by molar-refractivity contribution is 5.91. The van der Waals surface area contributed by atoms with Gasteiger partial charge in [0.1, 0.15) is 0 Å². The van der Waals surface area contributed by atoms with Crippen molar-refractivity contribution in [2.24, 2.45) is 22.7 Å². The second-order valence-electron chi connectivity index (χ2n) is 9.99. The maximum absolute atomic E-state index is 11.6. The van der Waals surface area contributed by atoms with Crippen molar-refractivity contribution in [1.82, 2.24) is 0 Å². The molecule has 0 aliphatic heterocycles. The molecule has 2 atom stereocenters. The molecule has 0 aliphatic rings. The quantitative estimate of drug-likeness (QED) is 0.374. The van der Waals surface area contributed by atoms with Gasteiger partial charge in [0, 0.05) is 12.2 Å². The van der Waals surface area contributed by atoms with Crippen LogP contribution in [0.5, 0.6) is 0 Å². The highest BCUT2D eigenvalue weighted by Gasteiger charge is 2.16. The van der Waals surface area contributed by atoms with E-state index >= 15 is 0 Å². The summed E-state index contributed by atoms with van der Waals surface area (Å²) >= 11 is 0. The lowest BCUT2D eigenvalue weighted by Crippen LogP contribution is -2.14. The fourth-order valence-corrected chi connectivity index (χ4v) is 3.25. The second-order valence-corrected chi connectivity index (χ2v) is 9.99. The van der Waals surface area contributed by atoms with Gasteiger partial charge in [-0.25, -0.2) is 9.59 Å². The molecule has 0 saturated carbocycles. The summed E-state index contributed by atoms with van der Waals surface area (Å²) in [6, 6.07) is 0. The minimum absolute atomic E-state index is 0.275. The molecule has 0 fully saturated rings. The van der Waals surface area contributed by atoms with Crippen molar-refractivity contribution >= 4 is 11.9 Å². The van der Waals surface area contributed by atoms with Gasteiger partial charge in [0.2, 0.25) is 0 Å². The zero-order valence-electron chi connectivity index (χ0n) is 18.2. The number of esters is 2. The molecule has 0 bridgehead atoms. The SMILES string of the molecule is C[C@H](CCOC(=O)/C=C\C(=O)OCC[C@@H](C)CC(C)(C)C)CC(C)(C)C. The van der Waals surface area contributed by atoms with Gasteiger partial charge in [-0.1, -0.05) is 55.4 Å². The number of hydrogen-bond acceptors (Lipinski definition) is 4. The molecule has 152 valence electrons. The molecule has 0 aromatic heterocycles. The molecule has 0 spiro atoms. The van der Waals surface area contributed by atoms with E-state index in [-0.39, 0.29) is 10.8 Å². The third kappa shape index (κ3) is 16.2. The Hall–Kier alpha value is -1.32. The molecule has 0 unspecified atom stereocenters. The maximum Gasteiger partial charge on any atom is 0.331 e. The fourth-order valence-electron chi connectivity index (χ4n) is 3.25. The van der Waals surface area contributed by atoms with Crippen molar-refractivity contribution in [3.05, 3.63) is 12.2 Å². The summed E-state index contributed by atoms with van der Waals surface area (Å²) in [7, 11) is 0. The van der Waals surface area contributed by atoms with E-state index in [1.54, 1.807) is 0 Å². The van der Waals surface area contributed by atoms with E-state index in [0.29, 0.717) is 25.0 Å². The van der Waals surface area contributed by atoms with Gasteiger partial charge in [-0.2, -0.15) is 0 Å². The molecule has 0 rings (SSSR count). The van der Waals surface area contributed by atoms with Gasteiger partial charge in [-0.3, -0.25) is 0 Å². The van der Waals surface area contributed by atoms with Gasteiger partial charge < -0.3 is 9.47 Å². The fraction of sp³-hybridized carbons (Fsp3) is 0.818. The summed E-state index contributed by atoms with van der Waals surface area (Å²) in [5.41, 5.74) is 0.551. The molecule has 0 aromatic carbocycles. The first-order valence-electron chi connectivity index (χ1n) is 9.80. The van der Waals surface area contributed by atoms with Gasteiger partial charge in [0.05, 0.1) is 13.2 Å². The lowest BCUT2D eigenvalue weighted by molar-refractivity contribution is -0.140. The van der Waals surface area contributed by atoms with Crippen LogP contribution < -0.4 is 0 Å². The van der Waals surface area contributed by atoms with Gasteiger partial charge >= 0.3 is 11.9 Å². The predicted molar refractivity (Wildman–Crippen MR) is 107 cm³/mol. The highest BCUT2D eigenvalue weighted by atomic mass is 16.5. The van der Waals surface area contributed by atoms with E-state index in [2.05, 4.69) is 55.4 Å². The Morgan fingerprint density at radius 1 is 0.731 bits per heavy atom. The number of hydrogen-bond donors (Lipinski definition) is 0. The van der Waals surface area contributed by atoms with Crippen molar-refractivity contribution in [1.29, 1.82) is 0 Å². The maximum atomic E-state index is 11.6. The van der Waals surface area contributed by atoms with E-state index in [0.717, 1.165) is 37.8 Å². The number of carbonyl (C=O) groups excluding carboxylic acids is 2. The first-order chi connectivity index (χ1) is 11.8. The van der Waals surface area contributed by atoms with Crippen LogP contribution in [0.3, 0.4) is 0 Å². The molecule has 0 saturated heterocycles. The monoisotopic (exact) mass is 368 g/mol. The summed E-state index contributed by atoms with van der Waals surface area (Å²) < 4.78 is 10.3. The van der Waals surface area contributed by atoms with Crippen molar-refractivity contribution in [3.8, 4) is 0 Å². The van der Waals surface area contributed by atoms with E-state index in [1.165, 1.54) is 0 Å². The van der Waals surface area contributed by atoms with Crippen LogP contribution in [0.25, 0.3) is 0 Å². The zero-order valence-corrected chi connectivity index (χ0v) is 18.2. The molecule has 0 N–H and O–H groups in total. The molecule has 4 nitrogen and oxygen atoms in total. The third-order valence-electron chi connectivity index (χ3n) is 3.99. The van der Waals surface area contributed by atoms with E-state index in [1.807, 2.05) is 0 Å². The van der Waals surface area contributed by atoms with E-state index < -0.39 is 11.9 Å². The van der Waals surface area contributed by atoms with Gasteiger partial charge in [-0.05, 0) is 48.3 Å². The van der Waals surface area contributed by atoms with Gasteiger partial charge in [-0.15, -0.1) is 0 Å². The van der Waals surface area contributed by atoms with Crippen LogP contribution in [0.1, 0.15) is 81.1 Å². The second kappa shape index (κ2) is 11.4. The average Bonchev–Trinajstić information content (AvgIpc) is 2.41. The van der Waals surface area contributed by atoms with Gasteiger partial charge in [0.25, 0.3) is 0 Å². The molecule has 0 amide bonds. The topological polar surface area (TPSA) is 52.6 Å². The Morgan fingerprint density at radius 3 is 1.31 bits per heavy atom. The summed E-state index contributed by atoms with van der Waals surface area (Å²) in [6.07, 6.45) is 6.12. The van der Waals surface area contributed by atoms with E-state index in [4.69, 9.17) is 9.47 Å². The molecule has 0 heterocycles. The summed E-state index contributed by atoms with van der Waals surface area (Å²) in [6.45, 7) is 18.3. The number of carbonyl (C=O) groups is 2. The van der Waals surface area contributed by atoms with Crippen LogP contribution >= 0.6 is 0 Å². The zero-order chi connectivity index (χ0) is 20.4.